The average molecular weight is 373 g/mol. The number of hydrogen-bond acceptors (Lipinski definition) is 4. The van der Waals surface area contributed by atoms with Crippen molar-refractivity contribution in [2.75, 3.05) is 26.7 Å². The standard InChI is InChI=1S/C21H28N2O2S/c1-4-19-15(2)12-20(26-19)21(24)22-14-18(23-10-5-6-11-23)16-8-7-9-17(13-16)25-3/h7-9,12-13,18H,4-6,10-11,14H2,1-3H3,(H,22,24). The molecule has 26 heavy (non-hydrogen) atoms. The Hall–Kier alpha value is -1.85. The third kappa shape index (κ3) is 4.27. The van der Waals surface area contributed by atoms with Crippen LogP contribution in [0.3, 0.4) is 0 Å². The molecule has 5 heteroatoms. The van der Waals surface area contributed by atoms with Gasteiger partial charge in [-0.25, -0.2) is 0 Å². The van der Waals surface area contributed by atoms with Crippen LogP contribution in [0.15, 0.2) is 30.3 Å². The number of thiophene rings is 1. The second-order valence-electron chi connectivity index (χ2n) is 6.82. The number of nitrogens with one attached hydrogen (secondary N) is 1. The number of rotatable bonds is 7. The smallest absolute Gasteiger partial charge is 0.261 e. The van der Waals surface area contributed by atoms with Gasteiger partial charge in [-0.15, -0.1) is 11.3 Å². The minimum Gasteiger partial charge on any atom is -0.497 e. The zero-order valence-corrected chi connectivity index (χ0v) is 16.7. The van der Waals surface area contributed by atoms with Gasteiger partial charge in [0.15, 0.2) is 0 Å². The number of amides is 1. The predicted molar refractivity (Wildman–Crippen MR) is 107 cm³/mol. The maximum Gasteiger partial charge on any atom is 0.261 e. The lowest BCUT2D eigenvalue weighted by molar-refractivity contribution is 0.0942. The summed E-state index contributed by atoms with van der Waals surface area (Å²) in [5.41, 5.74) is 2.41. The van der Waals surface area contributed by atoms with E-state index in [0.717, 1.165) is 30.1 Å². The molecule has 0 aliphatic carbocycles. The van der Waals surface area contributed by atoms with Crippen LogP contribution < -0.4 is 10.1 Å². The van der Waals surface area contributed by atoms with Crippen LogP contribution in [-0.4, -0.2) is 37.6 Å². The molecule has 1 amide bonds. The first-order chi connectivity index (χ1) is 12.6. The molecule has 1 saturated heterocycles. The molecule has 0 radical (unpaired) electrons. The van der Waals surface area contributed by atoms with Gasteiger partial charge in [-0.3, -0.25) is 9.69 Å². The number of hydrogen-bond donors (Lipinski definition) is 1. The van der Waals surface area contributed by atoms with Crippen LogP contribution in [-0.2, 0) is 6.42 Å². The molecule has 3 rings (SSSR count). The van der Waals surface area contributed by atoms with Crippen LogP contribution in [0.1, 0.15) is 51.5 Å². The summed E-state index contributed by atoms with van der Waals surface area (Å²) < 4.78 is 5.39. The Labute approximate surface area is 160 Å². The lowest BCUT2D eigenvalue weighted by Gasteiger charge is -2.28. The Kier molecular flexibility index (Phi) is 6.33. The molecule has 1 aromatic heterocycles. The molecule has 1 atom stereocenters. The average Bonchev–Trinajstić information content (AvgIpc) is 3.31. The van der Waals surface area contributed by atoms with E-state index in [-0.39, 0.29) is 11.9 Å². The van der Waals surface area contributed by atoms with Gasteiger partial charge in [0.05, 0.1) is 18.0 Å². The largest absolute Gasteiger partial charge is 0.497 e. The SMILES string of the molecule is CCc1sc(C(=O)NCC(c2cccc(OC)c2)N2CCCC2)cc1C. The lowest BCUT2D eigenvalue weighted by Crippen LogP contribution is -2.36. The molecule has 1 unspecified atom stereocenters. The van der Waals surface area contributed by atoms with Crippen LogP contribution in [0.2, 0.25) is 0 Å². The van der Waals surface area contributed by atoms with Crippen LogP contribution >= 0.6 is 11.3 Å². The molecule has 140 valence electrons. The van der Waals surface area contributed by atoms with Crippen molar-refractivity contribution < 1.29 is 9.53 Å². The van der Waals surface area contributed by atoms with E-state index in [1.165, 1.54) is 28.8 Å². The molecule has 1 fully saturated rings. The van der Waals surface area contributed by atoms with E-state index in [4.69, 9.17) is 4.74 Å². The molecule has 0 spiro atoms. The summed E-state index contributed by atoms with van der Waals surface area (Å²) in [5.74, 6) is 0.893. The van der Waals surface area contributed by atoms with Crippen LogP contribution in [0.25, 0.3) is 0 Å². The molecule has 4 nitrogen and oxygen atoms in total. The second-order valence-corrected chi connectivity index (χ2v) is 7.95. The number of carbonyl (C=O) groups excluding carboxylic acids is 1. The predicted octanol–water partition coefficient (Wildman–Crippen LogP) is 4.19. The van der Waals surface area contributed by atoms with E-state index >= 15 is 0 Å². The molecule has 2 heterocycles. The summed E-state index contributed by atoms with van der Waals surface area (Å²) in [7, 11) is 1.69. The second kappa shape index (κ2) is 8.69. The first-order valence-electron chi connectivity index (χ1n) is 9.38. The highest BCUT2D eigenvalue weighted by Gasteiger charge is 2.24. The highest BCUT2D eigenvalue weighted by molar-refractivity contribution is 7.14. The van der Waals surface area contributed by atoms with Gasteiger partial charge in [0.25, 0.3) is 5.91 Å². The molecule has 0 bridgehead atoms. The van der Waals surface area contributed by atoms with Gasteiger partial charge in [0.2, 0.25) is 0 Å². The molecule has 1 aliphatic rings. The zero-order chi connectivity index (χ0) is 18.5. The normalized spacial score (nSPS) is 15.8. The summed E-state index contributed by atoms with van der Waals surface area (Å²) in [6.45, 7) is 6.98. The fourth-order valence-corrected chi connectivity index (χ4v) is 4.65. The number of methoxy groups -OCH3 is 1. The van der Waals surface area contributed by atoms with Crippen LogP contribution in [0, 0.1) is 6.92 Å². The number of carbonyl (C=O) groups is 1. The van der Waals surface area contributed by atoms with Crippen molar-refractivity contribution in [3.63, 3.8) is 0 Å². The number of aryl methyl sites for hydroxylation is 2. The maximum absolute atomic E-state index is 12.7. The third-order valence-electron chi connectivity index (χ3n) is 5.08. The minimum atomic E-state index is 0.0323. The highest BCUT2D eigenvalue weighted by Crippen LogP contribution is 2.28. The summed E-state index contributed by atoms with van der Waals surface area (Å²) in [6.07, 6.45) is 3.42. The maximum atomic E-state index is 12.7. The van der Waals surface area contributed by atoms with Crippen molar-refractivity contribution in [1.29, 1.82) is 0 Å². The van der Waals surface area contributed by atoms with Crippen molar-refractivity contribution in [2.24, 2.45) is 0 Å². The van der Waals surface area contributed by atoms with E-state index in [2.05, 4.69) is 36.2 Å². The van der Waals surface area contributed by atoms with Gasteiger partial charge in [0, 0.05) is 11.4 Å². The summed E-state index contributed by atoms with van der Waals surface area (Å²) >= 11 is 1.61. The Morgan fingerprint density at radius 3 is 2.73 bits per heavy atom. The lowest BCUT2D eigenvalue weighted by atomic mass is 10.0. The molecule has 1 aliphatic heterocycles. The fourth-order valence-electron chi connectivity index (χ4n) is 3.62. The van der Waals surface area contributed by atoms with Gasteiger partial charge in [-0.05, 0) is 68.6 Å². The van der Waals surface area contributed by atoms with E-state index < -0.39 is 0 Å². The molecular formula is C21H28N2O2S. The minimum absolute atomic E-state index is 0.0323. The van der Waals surface area contributed by atoms with E-state index in [9.17, 15) is 4.79 Å². The van der Waals surface area contributed by atoms with Crippen molar-refractivity contribution in [1.82, 2.24) is 10.2 Å². The van der Waals surface area contributed by atoms with Crippen molar-refractivity contribution in [3.8, 4) is 5.75 Å². The summed E-state index contributed by atoms with van der Waals surface area (Å²) in [5, 5.41) is 3.17. The van der Waals surface area contributed by atoms with Gasteiger partial charge in [0.1, 0.15) is 5.75 Å². The first kappa shape index (κ1) is 18.9. The van der Waals surface area contributed by atoms with Gasteiger partial charge in [-0.1, -0.05) is 19.1 Å². The Balaban J connectivity index is 1.74. The van der Waals surface area contributed by atoms with Gasteiger partial charge >= 0.3 is 0 Å². The molecule has 2 aromatic rings. The van der Waals surface area contributed by atoms with Crippen molar-refractivity contribution in [3.05, 3.63) is 51.2 Å². The van der Waals surface area contributed by atoms with Crippen LogP contribution in [0.4, 0.5) is 0 Å². The Morgan fingerprint density at radius 2 is 2.08 bits per heavy atom. The quantitative estimate of drug-likeness (QED) is 0.792. The first-order valence-corrected chi connectivity index (χ1v) is 10.2. The monoisotopic (exact) mass is 372 g/mol. The fraction of sp³-hybridized carbons (Fsp3) is 0.476. The highest BCUT2D eigenvalue weighted by atomic mass is 32.1. The molecular weight excluding hydrogens is 344 g/mol. The number of ether oxygens (including phenoxy) is 1. The Morgan fingerprint density at radius 1 is 1.31 bits per heavy atom. The topological polar surface area (TPSA) is 41.6 Å². The van der Waals surface area contributed by atoms with Gasteiger partial charge in [-0.2, -0.15) is 0 Å². The van der Waals surface area contributed by atoms with Crippen LogP contribution in [0.5, 0.6) is 5.75 Å². The van der Waals surface area contributed by atoms with E-state index in [1.807, 2.05) is 18.2 Å². The number of benzene rings is 1. The third-order valence-corrected chi connectivity index (χ3v) is 6.46. The molecule has 1 N–H and O–H groups in total. The van der Waals surface area contributed by atoms with E-state index in [0.29, 0.717) is 6.54 Å². The number of likely N-dealkylation sites (tertiary alicyclic amines) is 1. The number of nitrogens with zero attached hydrogens (tertiary/aromatic N) is 1. The summed E-state index contributed by atoms with van der Waals surface area (Å²) in [4.78, 5) is 17.2. The van der Waals surface area contributed by atoms with Crippen molar-refractivity contribution in [2.45, 2.75) is 39.2 Å². The zero-order valence-electron chi connectivity index (χ0n) is 15.9. The molecule has 1 aromatic carbocycles. The Bertz CT molecular complexity index is 750. The summed E-state index contributed by atoms with van der Waals surface area (Å²) in [6, 6.07) is 10.4. The van der Waals surface area contributed by atoms with E-state index in [1.54, 1.807) is 18.4 Å². The molecule has 0 saturated carbocycles. The van der Waals surface area contributed by atoms with Gasteiger partial charge < -0.3 is 10.1 Å². The van der Waals surface area contributed by atoms with Crippen molar-refractivity contribution >= 4 is 17.2 Å².